The van der Waals surface area contributed by atoms with Gasteiger partial charge in [0.15, 0.2) is 0 Å². The summed E-state index contributed by atoms with van der Waals surface area (Å²) in [5.41, 5.74) is 0. The van der Waals surface area contributed by atoms with Crippen molar-refractivity contribution in [2.24, 2.45) is 0 Å². The van der Waals surface area contributed by atoms with Crippen LogP contribution in [-0.2, 0) is 26.6 Å². The molecule has 0 saturated heterocycles. The van der Waals surface area contributed by atoms with E-state index in [1.807, 2.05) is 54.6 Å². The Morgan fingerprint density at radius 1 is 0.269 bits per heavy atom. The molecular formula is C42H46O6Si4. The molecule has 0 aromatic heterocycles. The first-order valence-corrected chi connectivity index (χ1v) is 24.4. The predicted octanol–water partition coefficient (Wildman–Crippen LogP) is 1.48. The highest BCUT2D eigenvalue weighted by molar-refractivity contribution is 6.97. The molecule has 6 rings (SSSR count). The van der Waals surface area contributed by atoms with Gasteiger partial charge in [0.1, 0.15) is 8.80 Å². The second-order valence-electron chi connectivity index (χ2n) is 12.5. The summed E-state index contributed by atoms with van der Waals surface area (Å²) in [5, 5.41) is 10.2. The van der Waals surface area contributed by atoms with Gasteiger partial charge in [-0.15, -0.1) is 0 Å². The molecule has 0 atom stereocenters. The zero-order valence-corrected chi connectivity index (χ0v) is 34.8. The van der Waals surface area contributed by atoms with E-state index in [1.165, 1.54) is 15.6 Å². The quantitative estimate of drug-likeness (QED) is 0.117. The highest BCUT2D eigenvalue weighted by Gasteiger charge is 2.43. The maximum absolute atomic E-state index is 6.22. The highest BCUT2D eigenvalue weighted by Crippen LogP contribution is 2.11. The van der Waals surface area contributed by atoms with Gasteiger partial charge in [0.25, 0.3) is 0 Å². The van der Waals surface area contributed by atoms with E-state index in [1.54, 1.807) is 42.7 Å². The normalized spacial score (nSPS) is 12.3. The SMILES string of the molecule is CO[Si](OC)(c1ccccc1)c1ccc([SiH](c2ccc([Si](OC)(OC)c3ccccc3)cc2)c2ccc([Si](OC)(OC)c3ccccc3)cc2)cc1. The summed E-state index contributed by atoms with van der Waals surface area (Å²) in [5.74, 6) is 0. The third-order valence-electron chi connectivity index (χ3n) is 10.1. The molecule has 0 radical (unpaired) electrons. The Hall–Kier alpha value is -4.05. The molecular weight excluding hydrogens is 713 g/mol. The van der Waals surface area contributed by atoms with Gasteiger partial charge >= 0.3 is 25.7 Å². The fourth-order valence-electron chi connectivity index (χ4n) is 7.40. The van der Waals surface area contributed by atoms with Crippen LogP contribution in [0.2, 0.25) is 0 Å². The van der Waals surface area contributed by atoms with Crippen molar-refractivity contribution in [2.75, 3.05) is 42.7 Å². The first-order valence-electron chi connectivity index (χ1n) is 17.2. The molecule has 0 amide bonds. The third kappa shape index (κ3) is 6.90. The molecule has 266 valence electrons. The maximum atomic E-state index is 6.22. The van der Waals surface area contributed by atoms with Crippen LogP contribution in [0.25, 0.3) is 0 Å². The van der Waals surface area contributed by atoms with Gasteiger partial charge in [0.2, 0.25) is 0 Å². The van der Waals surface area contributed by atoms with E-state index in [-0.39, 0.29) is 0 Å². The lowest BCUT2D eigenvalue weighted by atomic mass is 10.3. The lowest BCUT2D eigenvalue weighted by Gasteiger charge is -2.30. The van der Waals surface area contributed by atoms with E-state index in [0.717, 1.165) is 31.1 Å². The summed E-state index contributed by atoms with van der Waals surface area (Å²) in [6.45, 7) is 0. The summed E-state index contributed by atoms with van der Waals surface area (Å²) in [6.07, 6.45) is 0. The van der Waals surface area contributed by atoms with Gasteiger partial charge in [-0.2, -0.15) is 0 Å². The van der Waals surface area contributed by atoms with Gasteiger partial charge in [-0.05, 0) is 31.1 Å². The third-order valence-corrected chi connectivity index (χ3v) is 23.2. The van der Waals surface area contributed by atoms with Crippen molar-refractivity contribution in [1.82, 2.24) is 0 Å². The van der Waals surface area contributed by atoms with Gasteiger partial charge in [0.05, 0.1) is 0 Å². The molecule has 0 aliphatic heterocycles. The van der Waals surface area contributed by atoms with Crippen molar-refractivity contribution in [1.29, 1.82) is 0 Å². The average molecular weight is 759 g/mol. The maximum Gasteiger partial charge on any atom is 0.406 e. The molecule has 10 heteroatoms. The van der Waals surface area contributed by atoms with Gasteiger partial charge in [0, 0.05) is 42.7 Å². The monoisotopic (exact) mass is 758 g/mol. The van der Waals surface area contributed by atoms with Crippen LogP contribution in [0.1, 0.15) is 0 Å². The van der Waals surface area contributed by atoms with Crippen molar-refractivity contribution in [3.63, 3.8) is 0 Å². The van der Waals surface area contributed by atoms with E-state index in [4.69, 9.17) is 26.6 Å². The molecule has 0 bridgehead atoms. The molecule has 0 N–H and O–H groups in total. The van der Waals surface area contributed by atoms with Crippen LogP contribution < -0.4 is 46.7 Å². The molecule has 6 aromatic rings. The fourth-order valence-corrected chi connectivity index (χ4v) is 18.3. The molecule has 52 heavy (non-hydrogen) atoms. The number of hydrogen-bond acceptors (Lipinski definition) is 6. The number of rotatable bonds is 15. The topological polar surface area (TPSA) is 55.4 Å². The molecule has 0 heterocycles. The highest BCUT2D eigenvalue weighted by atomic mass is 28.4. The molecule has 6 aromatic carbocycles. The molecule has 0 saturated carbocycles. The minimum absolute atomic E-state index is 1.06. The smallest absolute Gasteiger partial charge is 0.391 e. The van der Waals surface area contributed by atoms with Crippen LogP contribution in [-0.4, -0.2) is 77.1 Å². The van der Waals surface area contributed by atoms with Gasteiger partial charge in [-0.3, -0.25) is 0 Å². The Kier molecular flexibility index (Phi) is 12.1. The molecule has 0 fully saturated rings. The standard InChI is InChI=1S/C42H46O6Si4/c1-43-50(44-2,37-16-10-7-11-17-37)40-28-22-34(23-29-40)49(35-24-30-41(31-25-35)51(45-3,46-4)38-18-12-8-13-19-38)36-26-32-42(33-27-36)52(47-5,48-6)39-20-14-9-15-21-39/h7-33,49H,1-6H3. The van der Waals surface area contributed by atoms with Crippen LogP contribution in [0, 0.1) is 0 Å². The van der Waals surface area contributed by atoms with Crippen molar-refractivity contribution in [3.8, 4) is 0 Å². The fraction of sp³-hybridized carbons (Fsp3) is 0.143. The zero-order chi connectivity index (χ0) is 36.6. The second kappa shape index (κ2) is 16.7. The Balaban J connectivity index is 1.45. The van der Waals surface area contributed by atoms with E-state index in [0.29, 0.717) is 0 Å². The summed E-state index contributed by atoms with van der Waals surface area (Å²) in [7, 11) is -0.180. The van der Waals surface area contributed by atoms with E-state index in [9.17, 15) is 0 Å². The van der Waals surface area contributed by atoms with Crippen LogP contribution in [0.3, 0.4) is 0 Å². The number of benzene rings is 6. The van der Waals surface area contributed by atoms with Crippen LogP contribution >= 0.6 is 0 Å². The van der Waals surface area contributed by atoms with Crippen molar-refractivity contribution in [3.05, 3.63) is 164 Å². The van der Waals surface area contributed by atoms with E-state index >= 15 is 0 Å². The molecule has 0 spiro atoms. The van der Waals surface area contributed by atoms with Gasteiger partial charge < -0.3 is 26.6 Å². The summed E-state index contributed by atoms with van der Waals surface area (Å²) in [4.78, 5) is 0. The van der Waals surface area contributed by atoms with Crippen molar-refractivity contribution in [2.45, 2.75) is 0 Å². The lowest BCUT2D eigenvalue weighted by molar-refractivity contribution is 0.272. The zero-order valence-electron chi connectivity index (χ0n) is 30.6. The Morgan fingerprint density at radius 3 is 0.654 bits per heavy atom. The second-order valence-corrected chi connectivity index (χ2v) is 25.0. The predicted molar refractivity (Wildman–Crippen MR) is 222 cm³/mol. The summed E-state index contributed by atoms with van der Waals surface area (Å²) >= 11 is 0. The number of hydrogen-bond donors (Lipinski definition) is 0. The van der Waals surface area contributed by atoms with Gasteiger partial charge in [-0.1, -0.05) is 179 Å². The first kappa shape index (κ1) is 37.7. The summed E-state index contributed by atoms with van der Waals surface area (Å²) < 4.78 is 37.3. The molecule has 0 aliphatic carbocycles. The van der Waals surface area contributed by atoms with E-state index < -0.39 is 34.5 Å². The van der Waals surface area contributed by atoms with Crippen molar-refractivity contribution < 1.29 is 26.6 Å². The minimum atomic E-state index is -2.88. The molecule has 0 unspecified atom stereocenters. The summed E-state index contributed by atoms with van der Waals surface area (Å²) in [6, 6.07) is 57.5. The average Bonchev–Trinajstić information content (AvgIpc) is 3.23. The molecule has 6 nitrogen and oxygen atoms in total. The first-order chi connectivity index (χ1) is 25.4. The van der Waals surface area contributed by atoms with Crippen LogP contribution in [0.4, 0.5) is 0 Å². The molecule has 0 aliphatic rings. The minimum Gasteiger partial charge on any atom is -0.391 e. The Labute approximate surface area is 312 Å². The Morgan fingerprint density at radius 2 is 0.462 bits per heavy atom. The van der Waals surface area contributed by atoms with Crippen molar-refractivity contribution >= 4 is 81.2 Å². The Bertz CT molecular complexity index is 1750. The van der Waals surface area contributed by atoms with Crippen LogP contribution in [0.5, 0.6) is 0 Å². The van der Waals surface area contributed by atoms with E-state index in [2.05, 4.69) is 109 Å². The lowest BCUT2D eigenvalue weighted by Crippen LogP contribution is -2.63. The van der Waals surface area contributed by atoms with Crippen LogP contribution in [0.15, 0.2) is 164 Å². The largest absolute Gasteiger partial charge is 0.406 e. The van der Waals surface area contributed by atoms with Gasteiger partial charge in [-0.25, -0.2) is 0 Å².